The zero-order valence-corrected chi connectivity index (χ0v) is 11.0. The molecule has 0 radical (unpaired) electrons. The Labute approximate surface area is 112 Å². The lowest BCUT2D eigenvalue weighted by molar-refractivity contribution is -0.0243. The van der Waals surface area contributed by atoms with Gasteiger partial charge in [-0.05, 0) is 20.8 Å². The summed E-state index contributed by atoms with van der Waals surface area (Å²) in [5.41, 5.74) is -0.667. The van der Waals surface area contributed by atoms with Gasteiger partial charge in [-0.3, -0.25) is 0 Å². The SMILES string of the molecule is [2H]C([2H])([2H])O[C@H]1CO[C@H](CO)CN(C(=O)OC(C)(C)C)C1. The average Bonchev–Trinajstić information content (AvgIpc) is 2.47. The molecule has 0 unspecified atom stereocenters. The summed E-state index contributed by atoms with van der Waals surface area (Å²) in [5.74, 6) is 0. The highest BCUT2D eigenvalue weighted by Gasteiger charge is 2.30. The van der Waals surface area contributed by atoms with Crippen molar-refractivity contribution >= 4 is 6.09 Å². The number of carbonyl (C=O) groups is 1. The number of amides is 1. The number of aliphatic hydroxyl groups is 1. The van der Waals surface area contributed by atoms with Crippen molar-refractivity contribution in [1.82, 2.24) is 4.90 Å². The minimum atomic E-state index is -2.58. The van der Waals surface area contributed by atoms with Gasteiger partial charge in [0, 0.05) is 7.04 Å². The lowest BCUT2D eigenvalue weighted by atomic mass is 10.2. The Morgan fingerprint density at radius 2 is 2.28 bits per heavy atom. The van der Waals surface area contributed by atoms with Crippen molar-refractivity contribution in [2.24, 2.45) is 0 Å². The molecular formula is C12H23NO5. The normalized spacial score (nSPS) is 28.9. The third-order valence-corrected chi connectivity index (χ3v) is 2.39. The van der Waals surface area contributed by atoms with Gasteiger partial charge in [-0.15, -0.1) is 0 Å². The van der Waals surface area contributed by atoms with Gasteiger partial charge >= 0.3 is 6.09 Å². The predicted molar refractivity (Wildman–Crippen MR) is 65.4 cm³/mol. The lowest BCUT2D eigenvalue weighted by Crippen LogP contribution is -2.43. The Hall–Kier alpha value is -0.850. The highest BCUT2D eigenvalue weighted by Crippen LogP contribution is 2.14. The first kappa shape index (κ1) is 11.0. The van der Waals surface area contributed by atoms with Gasteiger partial charge in [0.2, 0.25) is 0 Å². The van der Waals surface area contributed by atoms with Crippen LogP contribution in [0.5, 0.6) is 0 Å². The smallest absolute Gasteiger partial charge is 0.410 e. The van der Waals surface area contributed by atoms with Crippen molar-refractivity contribution in [2.45, 2.75) is 38.6 Å². The van der Waals surface area contributed by atoms with Crippen LogP contribution in [0.25, 0.3) is 0 Å². The van der Waals surface area contributed by atoms with E-state index in [4.69, 9.17) is 18.3 Å². The van der Waals surface area contributed by atoms with Crippen molar-refractivity contribution in [3.63, 3.8) is 0 Å². The van der Waals surface area contributed by atoms with E-state index < -0.39 is 30.9 Å². The topological polar surface area (TPSA) is 68.2 Å². The average molecular weight is 264 g/mol. The molecule has 0 aromatic carbocycles. The highest BCUT2D eigenvalue weighted by molar-refractivity contribution is 5.68. The molecule has 0 spiro atoms. The van der Waals surface area contributed by atoms with Crippen LogP contribution < -0.4 is 0 Å². The second kappa shape index (κ2) is 6.36. The minimum Gasteiger partial charge on any atom is -0.444 e. The van der Waals surface area contributed by atoms with Crippen molar-refractivity contribution in [3.8, 4) is 0 Å². The molecule has 6 heteroatoms. The minimum absolute atomic E-state index is 0.0110. The van der Waals surface area contributed by atoms with E-state index in [0.717, 1.165) is 0 Å². The van der Waals surface area contributed by atoms with E-state index in [-0.39, 0.29) is 26.3 Å². The zero-order chi connectivity index (χ0) is 16.3. The summed E-state index contributed by atoms with van der Waals surface area (Å²) in [6.45, 7) is 5.07. The molecule has 1 rings (SSSR count). The third kappa shape index (κ3) is 4.80. The summed E-state index contributed by atoms with van der Waals surface area (Å²) in [5, 5.41) is 9.21. The van der Waals surface area contributed by atoms with E-state index >= 15 is 0 Å². The van der Waals surface area contributed by atoms with Gasteiger partial charge in [0.25, 0.3) is 0 Å². The number of hydrogen-bond acceptors (Lipinski definition) is 5. The van der Waals surface area contributed by atoms with Crippen LogP contribution in [0.15, 0.2) is 0 Å². The fourth-order valence-electron chi connectivity index (χ4n) is 1.57. The summed E-state index contributed by atoms with van der Waals surface area (Å²) in [6.07, 6.45) is -1.99. The monoisotopic (exact) mass is 264 g/mol. The van der Waals surface area contributed by atoms with E-state index in [9.17, 15) is 9.90 Å². The first-order chi connectivity index (χ1) is 9.50. The van der Waals surface area contributed by atoms with Gasteiger partial charge < -0.3 is 24.2 Å². The summed E-state index contributed by atoms with van der Waals surface area (Å²) < 4.78 is 36.9. The number of methoxy groups -OCH3 is 1. The van der Waals surface area contributed by atoms with Crippen LogP contribution in [-0.2, 0) is 14.2 Å². The largest absolute Gasteiger partial charge is 0.444 e. The number of nitrogens with zero attached hydrogens (tertiary/aromatic N) is 1. The first-order valence-electron chi connectivity index (χ1n) is 7.38. The maximum Gasteiger partial charge on any atom is 0.410 e. The maximum atomic E-state index is 12.1. The molecule has 0 aromatic heterocycles. The number of carbonyl (C=O) groups excluding carboxylic acids is 1. The Bertz CT molecular complexity index is 356. The molecule has 1 amide bonds. The zero-order valence-electron chi connectivity index (χ0n) is 14.0. The molecule has 18 heavy (non-hydrogen) atoms. The van der Waals surface area contributed by atoms with Crippen LogP contribution in [0.1, 0.15) is 24.9 Å². The van der Waals surface area contributed by atoms with Gasteiger partial charge in [0.15, 0.2) is 0 Å². The number of ether oxygens (including phenoxy) is 3. The molecule has 0 saturated carbocycles. The van der Waals surface area contributed by atoms with Gasteiger partial charge in [-0.2, -0.15) is 0 Å². The molecule has 0 aromatic rings. The molecule has 1 saturated heterocycles. The molecule has 0 aliphatic carbocycles. The van der Waals surface area contributed by atoms with E-state index in [1.54, 1.807) is 20.8 Å². The summed E-state index contributed by atoms with van der Waals surface area (Å²) in [6, 6.07) is 0. The molecule has 1 aliphatic rings. The number of rotatable bonds is 2. The first-order valence-corrected chi connectivity index (χ1v) is 5.88. The Morgan fingerprint density at radius 1 is 1.56 bits per heavy atom. The Kier molecular flexibility index (Phi) is 3.89. The van der Waals surface area contributed by atoms with Gasteiger partial charge in [0.05, 0.1) is 42.6 Å². The second-order valence-electron chi connectivity index (χ2n) is 5.26. The Balaban J connectivity index is 2.76. The standard InChI is InChI=1S/C12H23NO5/c1-12(2,3)18-11(15)13-5-9(7-14)17-8-10(6-13)16-4/h9-10,14H,5-8H2,1-4H3/t9-,10+/m0/s1/i4D3. The summed E-state index contributed by atoms with van der Waals surface area (Å²) in [7, 11) is -2.58. The van der Waals surface area contributed by atoms with Crippen molar-refractivity contribution in [3.05, 3.63) is 0 Å². The van der Waals surface area contributed by atoms with Crippen molar-refractivity contribution in [2.75, 3.05) is 33.3 Å². The molecular weight excluding hydrogens is 238 g/mol. The molecule has 1 fully saturated rings. The second-order valence-corrected chi connectivity index (χ2v) is 5.26. The van der Waals surface area contributed by atoms with Crippen LogP contribution in [0, 0.1) is 0 Å². The lowest BCUT2D eigenvalue weighted by Gasteiger charge is -2.28. The van der Waals surface area contributed by atoms with Crippen LogP contribution in [0.3, 0.4) is 0 Å². The van der Waals surface area contributed by atoms with E-state index in [2.05, 4.69) is 0 Å². The number of aliphatic hydroxyl groups excluding tert-OH is 1. The van der Waals surface area contributed by atoms with Crippen molar-refractivity contribution < 1.29 is 28.2 Å². The predicted octanol–water partition coefficient (Wildman–Crippen LogP) is 0.630. The maximum absolute atomic E-state index is 12.1. The van der Waals surface area contributed by atoms with E-state index in [0.29, 0.717) is 0 Å². The van der Waals surface area contributed by atoms with Crippen LogP contribution in [0.2, 0.25) is 0 Å². The van der Waals surface area contributed by atoms with Gasteiger partial charge in [0.1, 0.15) is 5.60 Å². The van der Waals surface area contributed by atoms with Gasteiger partial charge in [-0.1, -0.05) is 0 Å². The molecule has 106 valence electrons. The molecule has 2 atom stereocenters. The van der Waals surface area contributed by atoms with Crippen LogP contribution in [-0.4, -0.2) is 67.2 Å². The Morgan fingerprint density at radius 3 is 2.83 bits per heavy atom. The van der Waals surface area contributed by atoms with E-state index in [1.807, 2.05) is 0 Å². The molecule has 0 bridgehead atoms. The number of hydrogen-bond donors (Lipinski definition) is 1. The fraction of sp³-hybridized carbons (Fsp3) is 0.917. The summed E-state index contributed by atoms with van der Waals surface area (Å²) in [4.78, 5) is 13.4. The fourth-order valence-corrected chi connectivity index (χ4v) is 1.57. The summed E-state index contributed by atoms with van der Waals surface area (Å²) >= 11 is 0. The van der Waals surface area contributed by atoms with Gasteiger partial charge in [-0.25, -0.2) is 4.79 Å². The van der Waals surface area contributed by atoms with E-state index in [1.165, 1.54) is 4.90 Å². The molecule has 1 heterocycles. The quantitative estimate of drug-likeness (QED) is 0.792. The molecule has 1 aliphatic heterocycles. The molecule has 6 nitrogen and oxygen atoms in total. The van der Waals surface area contributed by atoms with Crippen LogP contribution in [0.4, 0.5) is 4.79 Å². The molecule has 1 N–H and O–H groups in total. The van der Waals surface area contributed by atoms with Crippen LogP contribution >= 0.6 is 0 Å². The third-order valence-electron chi connectivity index (χ3n) is 2.39. The van der Waals surface area contributed by atoms with Crippen molar-refractivity contribution in [1.29, 1.82) is 0 Å². The highest BCUT2D eigenvalue weighted by atomic mass is 16.6.